The molecule has 3 aromatic carbocycles. The lowest BCUT2D eigenvalue weighted by molar-refractivity contribution is -0.129. The minimum atomic E-state index is -0.512. The quantitative estimate of drug-likeness (QED) is 0.257. The number of esters is 1. The maximum atomic E-state index is 12.4. The summed E-state index contributed by atoms with van der Waals surface area (Å²) in [5.41, 5.74) is 4.06. The van der Waals surface area contributed by atoms with Gasteiger partial charge in [-0.2, -0.15) is 0 Å². The molecule has 35 heavy (non-hydrogen) atoms. The Morgan fingerprint density at radius 2 is 1.77 bits per heavy atom. The number of ether oxygens (including phenoxy) is 4. The van der Waals surface area contributed by atoms with Crippen molar-refractivity contribution in [3.63, 3.8) is 0 Å². The van der Waals surface area contributed by atoms with Crippen LogP contribution in [-0.4, -0.2) is 31.9 Å². The summed E-state index contributed by atoms with van der Waals surface area (Å²) in [7, 11) is 3.09. The van der Waals surface area contributed by atoms with Gasteiger partial charge in [-0.1, -0.05) is 35.9 Å². The molecule has 0 unspecified atom stereocenters. The third-order valence-corrected chi connectivity index (χ3v) is 5.45. The van der Waals surface area contributed by atoms with Crippen molar-refractivity contribution in [2.24, 2.45) is 4.99 Å². The molecule has 0 spiro atoms. The van der Waals surface area contributed by atoms with Gasteiger partial charge in [0.2, 0.25) is 5.90 Å². The highest BCUT2D eigenvalue weighted by molar-refractivity contribution is 6.12. The first kappa shape index (κ1) is 23.8. The standard InChI is InChI=1S/C28H25NO6/c1-17-6-5-7-21(12-17)27-29-23(28(31)35-27)13-19-8-11-24(26(14-19)33-4)34-16-22-10-9-20(18(2)30)15-25(22)32-3/h5-15H,16H2,1-4H3/b23-13+. The molecule has 1 heterocycles. The van der Waals surface area contributed by atoms with Gasteiger partial charge in [0.1, 0.15) is 12.4 Å². The summed E-state index contributed by atoms with van der Waals surface area (Å²) in [5, 5.41) is 0. The number of aliphatic imine (C=N–C) groups is 1. The average Bonchev–Trinajstić information content (AvgIpc) is 3.22. The van der Waals surface area contributed by atoms with Crippen molar-refractivity contribution in [1.29, 1.82) is 0 Å². The van der Waals surface area contributed by atoms with Gasteiger partial charge in [-0.25, -0.2) is 9.79 Å². The molecule has 0 radical (unpaired) electrons. The van der Waals surface area contributed by atoms with Crippen molar-refractivity contribution in [3.05, 3.63) is 94.2 Å². The summed E-state index contributed by atoms with van der Waals surface area (Å²) < 4.78 is 22.2. The van der Waals surface area contributed by atoms with Crippen molar-refractivity contribution in [3.8, 4) is 17.2 Å². The number of carbonyl (C=O) groups is 2. The number of carbonyl (C=O) groups excluding carboxylic acids is 2. The zero-order valence-corrected chi connectivity index (χ0v) is 20.0. The van der Waals surface area contributed by atoms with E-state index in [9.17, 15) is 9.59 Å². The highest BCUT2D eigenvalue weighted by atomic mass is 16.6. The molecule has 0 saturated carbocycles. The Kier molecular flexibility index (Phi) is 6.96. The van der Waals surface area contributed by atoms with E-state index in [4.69, 9.17) is 18.9 Å². The molecule has 0 aliphatic carbocycles. The van der Waals surface area contributed by atoms with Crippen LogP contribution < -0.4 is 14.2 Å². The first-order valence-corrected chi connectivity index (χ1v) is 11.0. The maximum absolute atomic E-state index is 12.4. The normalized spacial score (nSPS) is 13.9. The predicted octanol–water partition coefficient (Wildman–Crippen LogP) is 5.14. The molecule has 4 rings (SSSR count). The zero-order chi connectivity index (χ0) is 24.9. The van der Waals surface area contributed by atoms with Gasteiger partial charge < -0.3 is 18.9 Å². The molecular weight excluding hydrogens is 446 g/mol. The molecular formula is C28H25NO6. The Labute approximate surface area is 203 Å². The van der Waals surface area contributed by atoms with E-state index in [1.165, 1.54) is 6.92 Å². The van der Waals surface area contributed by atoms with E-state index in [0.29, 0.717) is 28.4 Å². The van der Waals surface area contributed by atoms with E-state index in [1.54, 1.807) is 56.7 Å². The molecule has 7 heteroatoms. The van der Waals surface area contributed by atoms with Crippen LogP contribution in [0.15, 0.2) is 71.4 Å². The average molecular weight is 472 g/mol. The Hall–Kier alpha value is -4.39. The predicted molar refractivity (Wildman–Crippen MR) is 132 cm³/mol. The van der Waals surface area contributed by atoms with Crippen molar-refractivity contribution in [1.82, 2.24) is 0 Å². The molecule has 0 N–H and O–H groups in total. The highest BCUT2D eigenvalue weighted by Gasteiger charge is 2.24. The van der Waals surface area contributed by atoms with Crippen LogP contribution in [0.5, 0.6) is 17.2 Å². The summed E-state index contributed by atoms with van der Waals surface area (Å²) in [4.78, 5) is 28.3. The number of nitrogens with zero attached hydrogens (tertiary/aromatic N) is 1. The number of Topliss-reactive ketones (excluding diaryl/α,β-unsaturated/α-hetero) is 1. The third kappa shape index (κ3) is 5.41. The SMILES string of the molecule is COc1cc(C(C)=O)ccc1COc1ccc(/C=C2/N=C(c3cccc(C)c3)OC2=O)cc1OC. The number of benzene rings is 3. The van der Waals surface area contributed by atoms with Crippen LogP contribution in [0.3, 0.4) is 0 Å². The highest BCUT2D eigenvalue weighted by Crippen LogP contribution is 2.31. The number of hydrogen-bond acceptors (Lipinski definition) is 7. The van der Waals surface area contributed by atoms with E-state index in [1.807, 2.05) is 31.2 Å². The second kappa shape index (κ2) is 10.3. The Balaban J connectivity index is 1.53. The second-order valence-corrected chi connectivity index (χ2v) is 7.99. The molecule has 0 amide bonds. The number of rotatable bonds is 8. The van der Waals surface area contributed by atoms with Crippen LogP contribution in [0.2, 0.25) is 0 Å². The van der Waals surface area contributed by atoms with Crippen molar-refractivity contribution < 1.29 is 28.5 Å². The topological polar surface area (TPSA) is 83.4 Å². The number of aryl methyl sites for hydroxylation is 1. The number of hydrogen-bond donors (Lipinski definition) is 0. The lowest BCUT2D eigenvalue weighted by atomic mass is 10.1. The van der Waals surface area contributed by atoms with Crippen LogP contribution in [0.1, 0.15) is 39.5 Å². The molecule has 0 fully saturated rings. The number of ketones is 1. The minimum absolute atomic E-state index is 0.0383. The van der Waals surface area contributed by atoms with E-state index < -0.39 is 5.97 Å². The number of methoxy groups -OCH3 is 2. The summed E-state index contributed by atoms with van der Waals surface area (Å²) in [6.07, 6.45) is 1.64. The fraction of sp³-hybridized carbons (Fsp3) is 0.179. The summed E-state index contributed by atoms with van der Waals surface area (Å²) in [6.45, 7) is 3.69. The molecule has 178 valence electrons. The van der Waals surface area contributed by atoms with Gasteiger partial charge in [-0.3, -0.25) is 4.79 Å². The first-order chi connectivity index (χ1) is 16.9. The van der Waals surface area contributed by atoms with Crippen LogP contribution in [0.4, 0.5) is 0 Å². The smallest absolute Gasteiger partial charge is 0.363 e. The number of cyclic esters (lactones) is 1. The fourth-order valence-corrected chi connectivity index (χ4v) is 3.60. The van der Waals surface area contributed by atoms with Gasteiger partial charge >= 0.3 is 5.97 Å². The van der Waals surface area contributed by atoms with Gasteiger partial charge in [0.25, 0.3) is 0 Å². The molecule has 0 saturated heterocycles. The largest absolute Gasteiger partial charge is 0.496 e. The lowest BCUT2D eigenvalue weighted by Crippen LogP contribution is -2.05. The van der Waals surface area contributed by atoms with E-state index in [0.717, 1.165) is 16.7 Å². The van der Waals surface area contributed by atoms with Crippen LogP contribution >= 0.6 is 0 Å². The van der Waals surface area contributed by atoms with Crippen LogP contribution in [-0.2, 0) is 16.1 Å². The van der Waals surface area contributed by atoms with Gasteiger partial charge in [0.05, 0.1) is 14.2 Å². The third-order valence-electron chi connectivity index (χ3n) is 5.45. The lowest BCUT2D eigenvalue weighted by Gasteiger charge is -2.14. The molecule has 0 aromatic heterocycles. The zero-order valence-electron chi connectivity index (χ0n) is 20.0. The van der Waals surface area contributed by atoms with Gasteiger partial charge in [-0.05, 0) is 55.8 Å². The van der Waals surface area contributed by atoms with Gasteiger partial charge in [0.15, 0.2) is 23.0 Å². The van der Waals surface area contributed by atoms with E-state index in [2.05, 4.69) is 4.99 Å². The monoisotopic (exact) mass is 471 g/mol. The Bertz CT molecular complexity index is 1360. The summed E-state index contributed by atoms with van der Waals surface area (Å²) in [6, 6.07) is 18.2. The fourth-order valence-electron chi connectivity index (χ4n) is 3.60. The maximum Gasteiger partial charge on any atom is 0.363 e. The van der Waals surface area contributed by atoms with Crippen LogP contribution in [0, 0.1) is 6.92 Å². The summed E-state index contributed by atoms with van der Waals surface area (Å²) >= 11 is 0. The second-order valence-electron chi connectivity index (χ2n) is 7.99. The molecule has 0 bridgehead atoms. The summed E-state index contributed by atoms with van der Waals surface area (Å²) in [5.74, 6) is 1.31. The van der Waals surface area contributed by atoms with E-state index >= 15 is 0 Å². The molecule has 3 aromatic rings. The van der Waals surface area contributed by atoms with Crippen molar-refractivity contribution in [2.75, 3.05) is 14.2 Å². The molecule has 0 atom stereocenters. The first-order valence-electron chi connectivity index (χ1n) is 11.0. The van der Waals surface area contributed by atoms with Crippen LogP contribution in [0.25, 0.3) is 6.08 Å². The molecule has 1 aliphatic heterocycles. The van der Waals surface area contributed by atoms with Gasteiger partial charge in [0, 0.05) is 16.7 Å². The molecule has 1 aliphatic rings. The van der Waals surface area contributed by atoms with Crippen molar-refractivity contribution in [2.45, 2.75) is 20.5 Å². The van der Waals surface area contributed by atoms with Gasteiger partial charge in [-0.15, -0.1) is 0 Å². The Morgan fingerprint density at radius 3 is 2.49 bits per heavy atom. The molecule has 7 nitrogen and oxygen atoms in total. The van der Waals surface area contributed by atoms with Crippen molar-refractivity contribution >= 4 is 23.7 Å². The minimum Gasteiger partial charge on any atom is -0.496 e. The Morgan fingerprint density at radius 1 is 0.971 bits per heavy atom. The van der Waals surface area contributed by atoms with E-state index in [-0.39, 0.29) is 24.0 Å².